The zero-order valence-corrected chi connectivity index (χ0v) is 34.2. The maximum atomic E-state index is 7.13. The van der Waals surface area contributed by atoms with Gasteiger partial charge in [-0.25, -0.2) is 0 Å². The van der Waals surface area contributed by atoms with Gasteiger partial charge in [-0.2, -0.15) is 5.16 Å². The van der Waals surface area contributed by atoms with E-state index < -0.39 is 49.4 Å². The summed E-state index contributed by atoms with van der Waals surface area (Å²) in [5, 5.41) is 8.47. The van der Waals surface area contributed by atoms with E-state index in [4.69, 9.17) is 19.4 Å². The first-order chi connectivity index (χ1) is 12.5. The fraction of sp³-hybridized carbons (Fsp3) is 0.947. The molecule has 0 aliphatic rings. The third kappa shape index (κ3) is 72.0. The summed E-state index contributed by atoms with van der Waals surface area (Å²) in [6, 6.07) is 0. The third-order valence-electron chi connectivity index (χ3n) is 2.01. The van der Waals surface area contributed by atoms with E-state index in [2.05, 4.69) is 130 Å². The van der Waals surface area contributed by atoms with Crippen molar-refractivity contribution in [3.05, 3.63) is 19.4 Å². The molecule has 4 nitrogen and oxygen atoms in total. The van der Waals surface area contributed by atoms with Crippen LogP contribution in [0.25, 0.3) is 19.4 Å². The molecule has 0 unspecified atom stereocenters. The van der Waals surface area contributed by atoms with Gasteiger partial charge in [0.05, 0.1) is 0 Å². The Kier molecular flexibility index (Phi) is 24.8. The van der Waals surface area contributed by atoms with E-state index in [0.29, 0.717) is 0 Å². The molecule has 0 saturated carbocycles. The molecule has 0 fully saturated rings. The first-order valence-electron chi connectivity index (χ1n) is 10.8. The van der Waals surface area contributed by atoms with Gasteiger partial charge in [-0.1, -0.05) is 179 Å². The van der Waals surface area contributed by atoms with Gasteiger partial charge >= 0.3 is 41.7 Å². The van der Waals surface area contributed by atoms with Gasteiger partial charge in [0.15, 0.2) is 0 Å². The summed E-state index contributed by atoms with van der Waals surface area (Å²) in [5.74, 6) is 0. The predicted molar refractivity (Wildman–Crippen MR) is 166 cm³/mol. The SMILES string of the molecule is C[Si](C)(C)[N-][Si](C)(C)C.C[Si](C)(C)[N-][Si](C)(C)C.C[Si](C)(C)[N-][Si](C)(C)C.[Ce+4].[N-]=C=S. The van der Waals surface area contributed by atoms with Gasteiger partial charge in [0.2, 0.25) is 0 Å². The maximum Gasteiger partial charge on any atom is 4.00 e. The van der Waals surface area contributed by atoms with Crippen LogP contribution in [0.15, 0.2) is 0 Å². The number of hydrogen-bond acceptors (Lipinski definition) is 1. The van der Waals surface area contributed by atoms with Gasteiger partial charge in [0.25, 0.3) is 0 Å². The Bertz CT molecular complexity index is 379. The van der Waals surface area contributed by atoms with Crippen LogP contribution in [0.1, 0.15) is 0 Å². The second kappa shape index (κ2) is 17.7. The fourth-order valence-corrected chi connectivity index (χ4v) is 27.2. The van der Waals surface area contributed by atoms with Gasteiger partial charge in [0.1, 0.15) is 0 Å². The van der Waals surface area contributed by atoms with Gasteiger partial charge in [-0.05, 0) is 0 Å². The molecule has 0 aliphatic heterocycles. The van der Waals surface area contributed by atoms with Crippen LogP contribution in [-0.2, 0) is 0 Å². The normalized spacial score (nSPS) is 12.5. The Morgan fingerprint density at radius 3 is 0.484 bits per heavy atom. The van der Waals surface area contributed by atoms with Gasteiger partial charge < -0.3 is 19.4 Å². The van der Waals surface area contributed by atoms with Crippen molar-refractivity contribution in [2.75, 3.05) is 0 Å². The molecular weight excluding hydrogens is 625 g/mol. The van der Waals surface area contributed by atoms with Crippen molar-refractivity contribution in [1.82, 2.24) is 0 Å². The Labute approximate surface area is 243 Å². The molecule has 0 amide bonds. The van der Waals surface area contributed by atoms with Crippen molar-refractivity contribution < 1.29 is 41.7 Å². The molecular formula is C19H54CeN4SSi6. The zero-order valence-electron chi connectivity index (χ0n) is 24.2. The van der Waals surface area contributed by atoms with Crippen LogP contribution in [-0.4, -0.2) is 54.6 Å². The number of isothiocyanates is 1. The fourth-order valence-electron chi connectivity index (χ4n) is 3.02. The summed E-state index contributed by atoms with van der Waals surface area (Å²) in [6.07, 6.45) is 0. The molecule has 0 spiro atoms. The monoisotopic (exact) mass is 678 g/mol. The first-order valence-corrected chi connectivity index (χ1v) is 31.9. The van der Waals surface area contributed by atoms with Crippen molar-refractivity contribution in [2.45, 2.75) is 118 Å². The average Bonchev–Trinajstić information content (AvgIpc) is 2.13. The molecule has 184 valence electrons. The molecule has 0 aromatic carbocycles. The molecule has 0 N–H and O–H groups in total. The van der Waals surface area contributed by atoms with Crippen LogP contribution >= 0.6 is 12.2 Å². The van der Waals surface area contributed by atoms with E-state index in [9.17, 15) is 0 Å². The first kappa shape index (κ1) is 43.4. The zero-order chi connectivity index (χ0) is 25.8. The van der Waals surface area contributed by atoms with Crippen molar-refractivity contribution in [3.8, 4) is 0 Å². The van der Waals surface area contributed by atoms with E-state index in [-0.39, 0.29) is 41.7 Å². The minimum Gasteiger partial charge on any atom is -0.753 e. The number of thiocarbonyl (C=S) groups is 1. The van der Waals surface area contributed by atoms with E-state index in [1.165, 1.54) is 5.16 Å². The standard InChI is InChI=1S/3C6H18NSi2.CNS.Ce/c3*1-8(2,3)7-9(4,5)6;2-1-3;/h3*1-6H3;;/q4*-1;+4. The summed E-state index contributed by atoms with van der Waals surface area (Å²) < 4.78 is 14.5. The van der Waals surface area contributed by atoms with Crippen molar-refractivity contribution in [2.24, 2.45) is 0 Å². The number of rotatable bonds is 6. The maximum absolute atomic E-state index is 7.13. The summed E-state index contributed by atoms with van der Waals surface area (Å²) in [7, 11) is -6.64. The predicted octanol–water partition coefficient (Wildman–Crippen LogP) is 9.75. The summed E-state index contributed by atoms with van der Waals surface area (Å²) >= 11 is 3.70. The summed E-state index contributed by atoms with van der Waals surface area (Å²) in [5.41, 5.74) is 0. The molecule has 0 saturated heterocycles. The van der Waals surface area contributed by atoms with E-state index in [1.807, 2.05) is 0 Å². The third-order valence-corrected chi connectivity index (χ3v) is 18.1. The Balaban J connectivity index is -0.000000101. The van der Waals surface area contributed by atoms with Gasteiger partial charge in [-0.15, -0.1) is 0 Å². The molecule has 0 radical (unpaired) electrons. The van der Waals surface area contributed by atoms with Crippen LogP contribution in [0.3, 0.4) is 0 Å². The topological polar surface area (TPSA) is 64.6 Å². The van der Waals surface area contributed by atoms with Crippen molar-refractivity contribution in [1.29, 1.82) is 0 Å². The Morgan fingerprint density at radius 1 is 0.419 bits per heavy atom. The molecule has 31 heavy (non-hydrogen) atoms. The molecule has 0 bridgehead atoms. The van der Waals surface area contributed by atoms with Crippen LogP contribution in [0.5, 0.6) is 0 Å². The summed E-state index contributed by atoms with van der Waals surface area (Å²) in [4.78, 5) is 0. The molecule has 0 aromatic rings. The summed E-state index contributed by atoms with van der Waals surface area (Å²) in [6.45, 7) is 41.3. The Morgan fingerprint density at radius 2 is 0.484 bits per heavy atom. The number of hydrogen-bond donors (Lipinski definition) is 0. The minimum absolute atomic E-state index is 0. The largest absolute Gasteiger partial charge is 4.00 e. The number of nitrogens with zero attached hydrogens (tertiary/aromatic N) is 4. The van der Waals surface area contributed by atoms with E-state index in [1.54, 1.807) is 0 Å². The van der Waals surface area contributed by atoms with E-state index >= 15 is 0 Å². The minimum atomic E-state index is -1.11. The molecule has 0 aliphatic carbocycles. The van der Waals surface area contributed by atoms with Crippen molar-refractivity contribution >= 4 is 66.8 Å². The van der Waals surface area contributed by atoms with Crippen molar-refractivity contribution in [3.63, 3.8) is 0 Å². The van der Waals surface area contributed by atoms with Gasteiger partial charge in [-0.3, -0.25) is 0 Å². The van der Waals surface area contributed by atoms with Gasteiger partial charge in [0, 0.05) is 0 Å². The smallest absolute Gasteiger partial charge is 0.753 e. The second-order valence-corrected chi connectivity index (χ2v) is 42.4. The van der Waals surface area contributed by atoms with E-state index in [0.717, 1.165) is 0 Å². The molecule has 12 heteroatoms. The van der Waals surface area contributed by atoms with Crippen LogP contribution < -0.4 is 0 Å². The Hall–Kier alpha value is 2.36. The second-order valence-electron chi connectivity index (χ2n) is 13.5. The average molecular weight is 679 g/mol. The quantitative estimate of drug-likeness (QED) is 0.157. The molecule has 0 rings (SSSR count). The van der Waals surface area contributed by atoms with Crippen LogP contribution in [0, 0.1) is 41.7 Å². The van der Waals surface area contributed by atoms with Crippen LogP contribution in [0.2, 0.25) is 118 Å². The molecule has 0 atom stereocenters. The molecule has 0 heterocycles. The van der Waals surface area contributed by atoms with Crippen LogP contribution in [0.4, 0.5) is 0 Å². The molecule has 0 aromatic heterocycles.